The molecule has 0 aliphatic carbocycles. The minimum Gasteiger partial charge on any atom is -0.482 e. The van der Waals surface area contributed by atoms with Crippen LogP contribution in [0.25, 0.3) is 0 Å². The van der Waals surface area contributed by atoms with E-state index in [2.05, 4.69) is 22.3 Å². The van der Waals surface area contributed by atoms with Crippen molar-refractivity contribution in [3.63, 3.8) is 0 Å². The van der Waals surface area contributed by atoms with Gasteiger partial charge in [-0.3, -0.25) is 4.90 Å². The lowest BCUT2D eigenvalue weighted by Gasteiger charge is -2.32. The third kappa shape index (κ3) is 5.31. The van der Waals surface area contributed by atoms with Crippen LogP contribution in [0.3, 0.4) is 0 Å². The van der Waals surface area contributed by atoms with E-state index >= 15 is 0 Å². The van der Waals surface area contributed by atoms with Gasteiger partial charge in [-0.2, -0.15) is 0 Å². The fourth-order valence-corrected chi connectivity index (χ4v) is 2.73. The monoisotopic (exact) mass is 306 g/mol. The maximum Gasteiger partial charge on any atom is 0.344 e. The van der Waals surface area contributed by atoms with Crippen LogP contribution < -0.4 is 10.1 Å². The summed E-state index contributed by atoms with van der Waals surface area (Å²) in [5, 5.41) is 3.36. The second-order valence-electron chi connectivity index (χ2n) is 5.60. The number of hydrogen-bond acceptors (Lipinski definition) is 5. The van der Waals surface area contributed by atoms with Crippen LogP contribution in [0.5, 0.6) is 5.75 Å². The number of likely N-dealkylation sites (tertiary alicyclic amines) is 1. The van der Waals surface area contributed by atoms with E-state index in [1.807, 2.05) is 19.2 Å². The maximum atomic E-state index is 11.2. The minimum absolute atomic E-state index is 0.0385. The van der Waals surface area contributed by atoms with E-state index in [9.17, 15) is 4.79 Å². The predicted octanol–water partition coefficient (Wildman–Crippen LogP) is 1.81. The summed E-state index contributed by atoms with van der Waals surface area (Å²) in [5.74, 6) is 0.363. The molecule has 1 N–H and O–H groups in total. The molecule has 1 aliphatic rings. The molecule has 1 aromatic carbocycles. The summed E-state index contributed by atoms with van der Waals surface area (Å²) in [6.07, 6.45) is 2.50. The Bertz CT molecular complexity index is 461. The van der Waals surface area contributed by atoms with Crippen molar-refractivity contribution >= 4 is 5.97 Å². The SMILES string of the molecule is CCOC(=O)COc1ccc(CN2CCCC(NC)C2)cc1. The Labute approximate surface area is 132 Å². The highest BCUT2D eigenvalue weighted by atomic mass is 16.6. The number of carbonyl (C=O) groups is 1. The molecule has 1 aliphatic heterocycles. The Hall–Kier alpha value is -1.59. The third-order valence-corrected chi connectivity index (χ3v) is 3.91. The zero-order chi connectivity index (χ0) is 15.8. The van der Waals surface area contributed by atoms with Crippen molar-refractivity contribution in [2.75, 3.05) is 33.4 Å². The van der Waals surface area contributed by atoms with Gasteiger partial charge in [0.1, 0.15) is 5.75 Å². The number of likely N-dealkylation sites (N-methyl/N-ethyl adjacent to an activating group) is 1. The zero-order valence-corrected chi connectivity index (χ0v) is 13.5. The van der Waals surface area contributed by atoms with Crippen molar-refractivity contribution in [2.24, 2.45) is 0 Å². The molecule has 1 saturated heterocycles. The van der Waals surface area contributed by atoms with Gasteiger partial charge in [-0.15, -0.1) is 0 Å². The fourth-order valence-electron chi connectivity index (χ4n) is 2.73. The van der Waals surface area contributed by atoms with Crippen LogP contribution in [-0.2, 0) is 16.1 Å². The van der Waals surface area contributed by atoms with Gasteiger partial charge >= 0.3 is 5.97 Å². The van der Waals surface area contributed by atoms with Crippen molar-refractivity contribution in [1.29, 1.82) is 0 Å². The Morgan fingerprint density at radius 1 is 1.36 bits per heavy atom. The molecule has 0 aromatic heterocycles. The van der Waals surface area contributed by atoms with Gasteiger partial charge in [0.15, 0.2) is 6.61 Å². The molecule has 0 bridgehead atoms. The highest BCUT2D eigenvalue weighted by Gasteiger charge is 2.18. The van der Waals surface area contributed by atoms with Gasteiger partial charge in [-0.1, -0.05) is 12.1 Å². The molecule has 0 radical (unpaired) electrons. The third-order valence-electron chi connectivity index (χ3n) is 3.91. The second kappa shape index (κ2) is 8.76. The number of ether oxygens (including phenoxy) is 2. The first kappa shape index (κ1) is 16.8. The lowest BCUT2D eigenvalue weighted by molar-refractivity contribution is -0.145. The molecule has 1 atom stereocenters. The van der Waals surface area contributed by atoms with Crippen molar-refractivity contribution in [3.05, 3.63) is 29.8 Å². The molecular formula is C17H26N2O3. The van der Waals surface area contributed by atoms with E-state index in [-0.39, 0.29) is 12.6 Å². The van der Waals surface area contributed by atoms with Crippen LogP contribution in [0.15, 0.2) is 24.3 Å². The fraction of sp³-hybridized carbons (Fsp3) is 0.588. The number of esters is 1. The molecule has 0 saturated carbocycles. The van der Waals surface area contributed by atoms with E-state index in [0.29, 0.717) is 18.4 Å². The van der Waals surface area contributed by atoms with Crippen LogP contribution in [0, 0.1) is 0 Å². The van der Waals surface area contributed by atoms with Crippen LogP contribution >= 0.6 is 0 Å². The number of hydrogen-bond donors (Lipinski definition) is 1. The van der Waals surface area contributed by atoms with Crippen LogP contribution in [0.4, 0.5) is 0 Å². The standard InChI is InChI=1S/C17H26N2O3/c1-3-21-17(20)13-22-16-8-6-14(7-9-16)11-19-10-4-5-15(12-19)18-2/h6-9,15,18H,3-5,10-13H2,1-2H3. The maximum absolute atomic E-state index is 11.2. The Morgan fingerprint density at radius 2 is 2.14 bits per heavy atom. The average molecular weight is 306 g/mol. The molecule has 1 fully saturated rings. The summed E-state index contributed by atoms with van der Waals surface area (Å²) in [5.41, 5.74) is 1.26. The van der Waals surface area contributed by atoms with Gasteiger partial charge in [0.05, 0.1) is 6.61 Å². The summed E-state index contributed by atoms with van der Waals surface area (Å²) >= 11 is 0. The largest absolute Gasteiger partial charge is 0.482 e. The molecule has 1 aromatic rings. The molecule has 5 heteroatoms. The van der Waals surface area contributed by atoms with E-state index in [4.69, 9.17) is 9.47 Å². The highest BCUT2D eigenvalue weighted by Crippen LogP contribution is 2.16. The molecule has 1 unspecified atom stereocenters. The Kier molecular flexibility index (Phi) is 6.68. The Morgan fingerprint density at radius 3 is 2.82 bits per heavy atom. The summed E-state index contributed by atoms with van der Waals surface area (Å²) in [6.45, 7) is 5.33. The second-order valence-corrected chi connectivity index (χ2v) is 5.60. The average Bonchev–Trinajstić information content (AvgIpc) is 2.55. The summed E-state index contributed by atoms with van der Waals surface area (Å²) in [4.78, 5) is 13.7. The van der Waals surface area contributed by atoms with Crippen LogP contribution in [0.1, 0.15) is 25.3 Å². The first-order chi connectivity index (χ1) is 10.7. The van der Waals surface area contributed by atoms with E-state index in [1.54, 1.807) is 6.92 Å². The molecule has 122 valence electrons. The number of piperidine rings is 1. The smallest absolute Gasteiger partial charge is 0.344 e. The van der Waals surface area contributed by atoms with Crippen molar-refractivity contribution in [3.8, 4) is 5.75 Å². The van der Waals surface area contributed by atoms with Gasteiger partial charge in [0, 0.05) is 19.1 Å². The molecule has 5 nitrogen and oxygen atoms in total. The molecule has 0 amide bonds. The van der Waals surface area contributed by atoms with Gasteiger partial charge in [0.2, 0.25) is 0 Å². The lowest BCUT2D eigenvalue weighted by atomic mass is 10.1. The first-order valence-electron chi connectivity index (χ1n) is 7.98. The molecule has 1 heterocycles. The predicted molar refractivity (Wildman–Crippen MR) is 85.9 cm³/mol. The topological polar surface area (TPSA) is 50.8 Å². The highest BCUT2D eigenvalue weighted by molar-refractivity contribution is 5.71. The van der Waals surface area contributed by atoms with E-state index < -0.39 is 0 Å². The summed E-state index contributed by atoms with van der Waals surface area (Å²) < 4.78 is 10.2. The van der Waals surface area contributed by atoms with Crippen molar-refractivity contribution < 1.29 is 14.3 Å². The molecule has 2 rings (SSSR count). The molecule has 0 spiro atoms. The van der Waals surface area contributed by atoms with Gasteiger partial charge in [-0.05, 0) is 51.1 Å². The van der Waals surface area contributed by atoms with Crippen LogP contribution in [0.2, 0.25) is 0 Å². The van der Waals surface area contributed by atoms with E-state index in [0.717, 1.165) is 19.6 Å². The number of rotatable bonds is 7. The van der Waals surface area contributed by atoms with Gasteiger partial charge in [-0.25, -0.2) is 4.79 Å². The van der Waals surface area contributed by atoms with Crippen molar-refractivity contribution in [1.82, 2.24) is 10.2 Å². The number of nitrogens with zero attached hydrogens (tertiary/aromatic N) is 1. The number of benzene rings is 1. The number of nitrogens with one attached hydrogen (secondary N) is 1. The van der Waals surface area contributed by atoms with Gasteiger partial charge < -0.3 is 14.8 Å². The summed E-state index contributed by atoms with van der Waals surface area (Å²) in [7, 11) is 2.03. The lowest BCUT2D eigenvalue weighted by Crippen LogP contribution is -2.43. The zero-order valence-electron chi connectivity index (χ0n) is 13.5. The van der Waals surface area contributed by atoms with Crippen LogP contribution in [-0.4, -0.2) is 50.3 Å². The molecule has 22 heavy (non-hydrogen) atoms. The molecular weight excluding hydrogens is 280 g/mol. The first-order valence-corrected chi connectivity index (χ1v) is 7.98. The van der Waals surface area contributed by atoms with Gasteiger partial charge in [0.25, 0.3) is 0 Å². The normalized spacial score (nSPS) is 18.9. The Balaban J connectivity index is 1.80. The van der Waals surface area contributed by atoms with E-state index in [1.165, 1.54) is 18.4 Å². The summed E-state index contributed by atoms with van der Waals surface area (Å²) in [6, 6.07) is 8.54. The number of carbonyl (C=O) groups excluding carboxylic acids is 1. The quantitative estimate of drug-likeness (QED) is 0.779. The minimum atomic E-state index is -0.335. The van der Waals surface area contributed by atoms with Crippen molar-refractivity contribution in [2.45, 2.75) is 32.4 Å².